The summed E-state index contributed by atoms with van der Waals surface area (Å²) in [5, 5.41) is 10.7. The first-order valence-corrected chi connectivity index (χ1v) is 5.70. The van der Waals surface area contributed by atoms with Crippen LogP contribution in [0.1, 0.15) is 0 Å². The Morgan fingerprint density at radius 2 is 1.59 bits per heavy atom. The van der Waals surface area contributed by atoms with Crippen LogP contribution in [0, 0.1) is 0 Å². The number of halogens is 2. The largest absolute Gasteiger partial charge is 0.504 e. The van der Waals surface area contributed by atoms with E-state index in [1.165, 1.54) is 7.11 Å². The molecule has 0 fully saturated rings. The van der Waals surface area contributed by atoms with Crippen LogP contribution in [-0.2, 0) is 0 Å². The molecule has 0 aromatic heterocycles. The van der Waals surface area contributed by atoms with E-state index in [0.29, 0.717) is 15.8 Å². The fourth-order valence-electron chi connectivity index (χ4n) is 1.55. The fraction of sp³-hybridized carbons (Fsp3) is 0.0769. The van der Waals surface area contributed by atoms with Crippen molar-refractivity contribution in [2.24, 2.45) is 0 Å². The van der Waals surface area contributed by atoms with Crippen molar-refractivity contribution in [3.63, 3.8) is 0 Å². The minimum Gasteiger partial charge on any atom is -0.504 e. The molecule has 2 rings (SSSR count). The number of methoxy groups -OCH3 is 1. The molecular weight excluding hydrogens is 259 g/mol. The fourth-order valence-corrected chi connectivity index (χ4v) is 1.84. The van der Waals surface area contributed by atoms with Gasteiger partial charge in [-0.25, -0.2) is 0 Å². The van der Waals surface area contributed by atoms with Crippen molar-refractivity contribution in [1.82, 2.24) is 0 Å². The predicted molar refractivity (Wildman–Crippen MR) is 70.1 cm³/mol. The highest BCUT2D eigenvalue weighted by molar-refractivity contribution is 6.42. The molecule has 0 aliphatic rings. The van der Waals surface area contributed by atoms with Crippen LogP contribution in [0.4, 0.5) is 0 Å². The van der Waals surface area contributed by atoms with E-state index in [2.05, 4.69) is 0 Å². The van der Waals surface area contributed by atoms with Crippen molar-refractivity contribution < 1.29 is 9.84 Å². The predicted octanol–water partition coefficient (Wildman–Crippen LogP) is 4.37. The van der Waals surface area contributed by atoms with Gasteiger partial charge in [0.2, 0.25) is 0 Å². The second kappa shape index (κ2) is 4.86. The molecule has 0 aliphatic heterocycles. The first-order chi connectivity index (χ1) is 8.11. The van der Waals surface area contributed by atoms with Gasteiger partial charge in [-0.1, -0.05) is 35.3 Å². The molecule has 0 spiro atoms. The Balaban J connectivity index is 2.46. The number of rotatable bonds is 2. The third-order valence-corrected chi connectivity index (χ3v) is 3.17. The molecule has 0 aliphatic carbocycles. The van der Waals surface area contributed by atoms with Crippen molar-refractivity contribution in [2.75, 3.05) is 7.11 Å². The smallest absolute Gasteiger partial charge is 0.160 e. The molecule has 0 amide bonds. The minimum atomic E-state index is 0.0936. The Morgan fingerprint density at radius 3 is 2.18 bits per heavy atom. The van der Waals surface area contributed by atoms with E-state index in [1.807, 2.05) is 12.1 Å². The summed E-state index contributed by atoms with van der Waals surface area (Å²) >= 11 is 11.8. The number of hydrogen-bond acceptors (Lipinski definition) is 2. The van der Waals surface area contributed by atoms with Gasteiger partial charge in [-0.05, 0) is 35.4 Å². The Hall–Kier alpha value is -1.38. The van der Waals surface area contributed by atoms with E-state index in [1.54, 1.807) is 24.3 Å². The molecule has 0 radical (unpaired) electrons. The number of aromatic hydroxyl groups is 1. The third-order valence-electron chi connectivity index (χ3n) is 2.43. The average Bonchev–Trinajstić information content (AvgIpc) is 2.32. The summed E-state index contributed by atoms with van der Waals surface area (Å²) in [7, 11) is 1.51. The number of hydrogen-bond donors (Lipinski definition) is 1. The molecule has 1 N–H and O–H groups in total. The summed E-state index contributed by atoms with van der Waals surface area (Å²) in [6.45, 7) is 0. The zero-order valence-corrected chi connectivity index (χ0v) is 10.6. The van der Waals surface area contributed by atoms with Crippen molar-refractivity contribution >= 4 is 23.2 Å². The van der Waals surface area contributed by atoms with Crippen molar-refractivity contribution in [1.29, 1.82) is 0 Å². The summed E-state index contributed by atoms with van der Waals surface area (Å²) in [5.41, 5.74) is 1.74. The first-order valence-electron chi connectivity index (χ1n) is 4.94. The quantitative estimate of drug-likeness (QED) is 0.876. The summed E-state index contributed by atoms with van der Waals surface area (Å²) in [6, 6.07) is 10.5. The van der Waals surface area contributed by atoms with Crippen molar-refractivity contribution in [3.05, 3.63) is 46.4 Å². The molecule has 0 unspecified atom stereocenters. The average molecular weight is 269 g/mol. The van der Waals surface area contributed by atoms with Gasteiger partial charge in [0.25, 0.3) is 0 Å². The summed E-state index contributed by atoms with van der Waals surface area (Å²) in [6.07, 6.45) is 0. The molecule has 88 valence electrons. The van der Waals surface area contributed by atoms with Crippen LogP contribution < -0.4 is 4.74 Å². The monoisotopic (exact) mass is 268 g/mol. The SMILES string of the molecule is COc1ccc(-c2ccc(Cl)c(Cl)c2)cc1O. The zero-order chi connectivity index (χ0) is 12.4. The van der Waals surface area contributed by atoms with Gasteiger partial charge in [0.1, 0.15) is 0 Å². The standard InChI is InChI=1S/C13H10Cl2O2/c1-17-13-5-3-9(7-12(13)16)8-2-4-10(14)11(15)6-8/h2-7,16H,1H3. The lowest BCUT2D eigenvalue weighted by atomic mass is 10.1. The van der Waals surface area contributed by atoms with Crippen LogP contribution in [0.3, 0.4) is 0 Å². The van der Waals surface area contributed by atoms with Gasteiger partial charge in [-0.15, -0.1) is 0 Å². The van der Waals surface area contributed by atoms with E-state index < -0.39 is 0 Å². The lowest BCUT2D eigenvalue weighted by molar-refractivity contribution is 0.373. The highest BCUT2D eigenvalue weighted by Crippen LogP contribution is 2.33. The second-order valence-electron chi connectivity index (χ2n) is 3.52. The van der Waals surface area contributed by atoms with E-state index in [4.69, 9.17) is 27.9 Å². The van der Waals surface area contributed by atoms with Crippen LogP contribution in [0.25, 0.3) is 11.1 Å². The molecule has 0 atom stereocenters. The Kier molecular flexibility index (Phi) is 3.46. The summed E-state index contributed by atoms with van der Waals surface area (Å²) < 4.78 is 4.98. The Labute approximate surface area is 109 Å². The number of phenols is 1. The van der Waals surface area contributed by atoms with Crippen LogP contribution >= 0.6 is 23.2 Å². The normalized spacial score (nSPS) is 10.3. The van der Waals surface area contributed by atoms with Crippen LogP contribution in [0.15, 0.2) is 36.4 Å². The maximum Gasteiger partial charge on any atom is 0.160 e. The Morgan fingerprint density at radius 1 is 0.941 bits per heavy atom. The van der Waals surface area contributed by atoms with E-state index in [9.17, 15) is 5.11 Å². The molecule has 2 aromatic rings. The molecule has 0 bridgehead atoms. The van der Waals surface area contributed by atoms with Crippen molar-refractivity contribution in [3.8, 4) is 22.6 Å². The summed E-state index contributed by atoms with van der Waals surface area (Å²) in [4.78, 5) is 0. The maximum absolute atomic E-state index is 9.69. The third kappa shape index (κ3) is 2.48. The van der Waals surface area contributed by atoms with E-state index >= 15 is 0 Å². The number of benzene rings is 2. The van der Waals surface area contributed by atoms with Gasteiger partial charge < -0.3 is 9.84 Å². The number of phenolic OH excluding ortho intramolecular Hbond substituents is 1. The van der Waals surface area contributed by atoms with Crippen LogP contribution in [0.5, 0.6) is 11.5 Å². The molecule has 0 heterocycles. The minimum absolute atomic E-state index is 0.0936. The first kappa shape index (κ1) is 12.1. The van der Waals surface area contributed by atoms with Crippen LogP contribution in [0.2, 0.25) is 10.0 Å². The molecule has 0 saturated heterocycles. The second-order valence-corrected chi connectivity index (χ2v) is 4.33. The van der Waals surface area contributed by atoms with Crippen molar-refractivity contribution in [2.45, 2.75) is 0 Å². The van der Waals surface area contributed by atoms with Gasteiger partial charge >= 0.3 is 0 Å². The summed E-state index contributed by atoms with van der Waals surface area (Å²) in [5.74, 6) is 0.532. The molecule has 2 aromatic carbocycles. The van der Waals surface area contributed by atoms with Gasteiger partial charge in [0, 0.05) is 0 Å². The molecule has 17 heavy (non-hydrogen) atoms. The lowest BCUT2D eigenvalue weighted by Crippen LogP contribution is -1.84. The van der Waals surface area contributed by atoms with Gasteiger partial charge in [0.05, 0.1) is 17.2 Å². The van der Waals surface area contributed by atoms with Gasteiger partial charge in [0.15, 0.2) is 11.5 Å². The molecule has 0 saturated carbocycles. The van der Waals surface area contributed by atoms with Crippen LogP contribution in [-0.4, -0.2) is 12.2 Å². The highest BCUT2D eigenvalue weighted by Gasteiger charge is 2.06. The topological polar surface area (TPSA) is 29.5 Å². The zero-order valence-electron chi connectivity index (χ0n) is 9.08. The molecule has 4 heteroatoms. The Bertz CT molecular complexity index is 553. The molecular formula is C13H10Cl2O2. The lowest BCUT2D eigenvalue weighted by Gasteiger charge is -2.07. The highest BCUT2D eigenvalue weighted by atomic mass is 35.5. The van der Waals surface area contributed by atoms with Gasteiger partial charge in [-0.3, -0.25) is 0 Å². The maximum atomic E-state index is 9.69. The van der Waals surface area contributed by atoms with E-state index in [0.717, 1.165) is 11.1 Å². The van der Waals surface area contributed by atoms with Gasteiger partial charge in [-0.2, -0.15) is 0 Å². The number of ether oxygens (including phenoxy) is 1. The molecule has 2 nitrogen and oxygen atoms in total. The van der Waals surface area contributed by atoms with E-state index in [-0.39, 0.29) is 5.75 Å².